The van der Waals surface area contributed by atoms with Gasteiger partial charge >= 0.3 is 5.97 Å². The molecule has 3 rings (SSSR count). The lowest BCUT2D eigenvalue weighted by Gasteiger charge is -2.31. The zero-order valence-electron chi connectivity index (χ0n) is 17.3. The summed E-state index contributed by atoms with van der Waals surface area (Å²) in [6.45, 7) is 7.21. The Kier molecular flexibility index (Phi) is 6.96. The minimum atomic E-state index is -0.259. The molecule has 0 bridgehead atoms. The molecule has 0 aliphatic carbocycles. The molecule has 156 valence electrons. The number of carbonyl (C=O) groups is 2. The molecule has 29 heavy (non-hydrogen) atoms. The summed E-state index contributed by atoms with van der Waals surface area (Å²) < 4.78 is 7.00. The lowest BCUT2D eigenvalue weighted by atomic mass is 9.97. The summed E-state index contributed by atoms with van der Waals surface area (Å²) in [5.41, 5.74) is 3.13. The third-order valence-corrected chi connectivity index (χ3v) is 5.55. The van der Waals surface area contributed by atoms with Crippen LogP contribution in [-0.4, -0.2) is 46.3 Å². The molecular weight excluding hydrogens is 390 g/mol. The van der Waals surface area contributed by atoms with Crippen LogP contribution in [0, 0.1) is 5.92 Å². The van der Waals surface area contributed by atoms with E-state index in [-0.39, 0.29) is 17.8 Å². The van der Waals surface area contributed by atoms with Gasteiger partial charge in [-0.05, 0) is 50.8 Å². The molecule has 0 saturated carbocycles. The van der Waals surface area contributed by atoms with Gasteiger partial charge in [0.2, 0.25) is 0 Å². The maximum absolute atomic E-state index is 13.5. The maximum Gasteiger partial charge on any atom is 0.310 e. The Morgan fingerprint density at radius 3 is 2.69 bits per heavy atom. The number of halogens is 1. The van der Waals surface area contributed by atoms with Crippen molar-refractivity contribution in [1.82, 2.24) is 14.7 Å². The van der Waals surface area contributed by atoms with Gasteiger partial charge < -0.3 is 9.64 Å². The molecule has 2 aromatic rings. The van der Waals surface area contributed by atoms with Crippen molar-refractivity contribution in [2.75, 3.05) is 19.7 Å². The summed E-state index contributed by atoms with van der Waals surface area (Å²) in [7, 11) is 0. The number of aryl methyl sites for hydroxylation is 1. The van der Waals surface area contributed by atoms with E-state index in [1.165, 1.54) is 0 Å². The van der Waals surface area contributed by atoms with E-state index < -0.39 is 0 Å². The SMILES string of the molecule is CCOC(=O)C1CCCN(C(=O)c2c(CC)nn(-c3cccc(Cl)c3)c2CC)C1. The molecule has 0 spiro atoms. The van der Waals surface area contributed by atoms with Gasteiger partial charge in [-0.25, -0.2) is 4.68 Å². The fourth-order valence-corrected chi connectivity index (χ4v) is 4.10. The lowest BCUT2D eigenvalue weighted by molar-refractivity contribution is -0.149. The van der Waals surface area contributed by atoms with Crippen LogP contribution >= 0.6 is 11.6 Å². The first-order chi connectivity index (χ1) is 14.0. The largest absolute Gasteiger partial charge is 0.466 e. The molecule has 1 amide bonds. The summed E-state index contributed by atoms with van der Waals surface area (Å²) in [4.78, 5) is 27.5. The topological polar surface area (TPSA) is 64.4 Å². The highest BCUT2D eigenvalue weighted by Gasteiger charge is 2.33. The third-order valence-electron chi connectivity index (χ3n) is 5.32. The van der Waals surface area contributed by atoms with Crippen molar-refractivity contribution in [1.29, 1.82) is 0 Å². The maximum atomic E-state index is 13.5. The number of rotatable bonds is 6. The van der Waals surface area contributed by atoms with Gasteiger partial charge in [-0.2, -0.15) is 5.10 Å². The van der Waals surface area contributed by atoms with E-state index in [1.807, 2.05) is 42.8 Å². The summed E-state index contributed by atoms with van der Waals surface area (Å²) in [6, 6.07) is 7.47. The van der Waals surface area contributed by atoms with Crippen LogP contribution in [0.2, 0.25) is 5.02 Å². The number of benzene rings is 1. The van der Waals surface area contributed by atoms with Crippen molar-refractivity contribution in [2.24, 2.45) is 5.92 Å². The zero-order valence-corrected chi connectivity index (χ0v) is 18.0. The normalized spacial score (nSPS) is 16.7. The van der Waals surface area contributed by atoms with E-state index in [9.17, 15) is 9.59 Å². The van der Waals surface area contributed by atoms with E-state index in [0.29, 0.717) is 43.1 Å². The number of piperidine rings is 1. The average molecular weight is 418 g/mol. The number of aromatic nitrogens is 2. The number of hydrogen-bond donors (Lipinski definition) is 0. The third kappa shape index (κ3) is 4.47. The monoisotopic (exact) mass is 417 g/mol. The summed E-state index contributed by atoms with van der Waals surface area (Å²) >= 11 is 6.17. The van der Waals surface area contributed by atoms with Crippen LogP contribution in [-0.2, 0) is 22.4 Å². The zero-order chi connectivity index (χ0) is 21.0. The van der Waals surface area contributed by atoms with Gasteiger partial charge in [0.05, 0.1) is 35.2 Å². The number of amides is 1. The predicted molar refractivity (Wildman–Crippen MR) is 113 cm³/mol. The smallest absolute Gasteiger partial charge is 0.310 e. The van der Waals surface area contributed by atoms with Crippen molar-refractivity contribution in [3.05, 3.63) is 46.2 Å². The highest BCUT2D eigenvalue weighted by molar-refractivity contribution is 6.30. The van der Waals surface area contributed by atoms with Gasteiger partial charge in [-0.1, -0.05) is 31.5 Å². The highest BCUT2D eigenvalue weighted by Crippen LogP contribution is 2.26. The number of nitrogens with zero attached hydrogens (tertiary/aromatic N) is 3. The molecule has 6 nitrogen and oxygen atoms in total. The molecule has 1 atom stereocenters. The lowest BCUT2D eigenvalue weighted by Crippen LogP contribution is -2.43. The number of likely N-dealkylation sites (tertiary alicyclic amines) is 1. The number of hydrogen-bond acceptors (Lipinski definition) is 4. The number of esters is 1. The molecule has 0 radical (unpaired) electrons. The van der Waals surface area contributed by atoms with Gasteiger partial charge in [0, 0.05) is 18.1 Å². The Balaban J connectivity index is 1.95. The van der Waals surface area contributed by atoms with Gasteiger partial charge in [-0.15, -0.1) is 0 Å². The van der Waals surface area contributed by atoms with Gasteiger partial charge in [0.15, 0.2) is 0 Å². The molecule has 7 heteroatoms. The quantitative estimate of drug-likeness (QED) is 0.664. The standard InChI is InChI=1S/C22H28ClN3O3/c1-4-18-20(19(5-2)26(24-18)17-11-7-10-16(23)13-17)21(27)25-12-8-9-15(14-25)22(28)29-6-3/h7,10-11,13,15H,4-6,8-9,12,14H2,1-3H3. The second-order valence-electron chi connectivity index (χ2n) is 7.21. The van der Waals surface area contributed by atoms with Crippen molar-refractivity contribution < 1.29 is 14.3 Å². The Bertz CT molecular complexity index is 893. The van der Waals surface area contributed by atoms with E-state index in [0.717, 1.165) is 29.9 Å². The summed E-state index contributed by atoms with van der Waals surface area (Å²) in [5, 5.41) is 5.35. The van der Waals surface area contributed by atoms with Crippen LogP contribution in [0.1, 0.15) is 55.4 Å². The van der Waals surface area contributed by atoms with Gasteiger partial charge in [-0.3, -0.25) is 9.59 Å². The first-order valence-electron chi connectivity index (χ1n) is 10.3. The Morgan fingerprint density at radius 1 is 1.24 bits per heavy atom. The molecular formula is C22H28ClN3O3. The predicted octanol–water partition coefficient (Wildman–Crippen LogP) is 4.07. The molecule has 1 saturated heterocycles. The van der Waals surface area contributed by atoms with Crippen LogP contribution < -0.4 is 0 Å². The summed E-state index contributed by atoms with van der Waals surface area (Å²) in [5.74, 6) is -0.530. The molecule has 1 unspecified atom stereocenters. The fraction of sp³-hybridized carbons (Fsp3) is 0.500. The van der Waals surface area contributed by atoms with Crippen molar-refractivity contribution in [3.8, 4) is 5.69 Å². The van der Waals surface area contributed by atoms with E-state index in [4.69, 9.17) is 21.4 Å². The second-order valence-corrected chi connectivity index (χ2v) is 7.65. The fourth-order valence-electron chi connectivity index (χ4n) is 3.92. The van der Waals surface area contributed by atoms with Crippen LogP contribution in [0.5, 0.6) is 0 Å². The minimum Gasteiger partial charge on any atom is -0.466 e. The molecule has 1 aliphatic heterocycles. The van der Waals surface area contributed by atoms with Gasteiger partial charge in [0.25, 0.3) is 5.91 Å². The molecule has 1 aliphatic rings. The molecule has 2 heterocycles. The van der Waals surface area contributed by atoms with Crippen molar-refractivity contribution in [3.63, 3.8) is 0 Å². The van der Waals surface area contributed by atoms with Crippen molar-refractivity contribution >= 4 is 23.5 Å². The number of ether oxygens (including phenoxy) is 1. The van der Waals surface area contributed by atoms with E-state index >= 15 is 0 Å². The van der Waals surface area contributed by atoms with Crippen LogP contribution in [0.3, 0.4) is 0 Å². The summed E-state index contributed by atoms with van der Waals surface area (Å²) in [6.07, 6.45) is 2.86. The van der Waals surface area contributed by atoms with Crippen LogP contribution in [0.25, 0.3) is 5.69 Å². The van der Waals surface area contributed by atoms with Crippen molar-refractivity contribution in [2.45, 2.75) is 46.5 Å². The van der Waals surface area contributed by atoms with E-state index in [2.05, 4.69) is 0 Å². The second kappa shape index (κ2) is 9.44. The first kappa shape index (κ1) is 21.4. The van der Waals surface area contributed by atoms with Gasteiger partial charge in [0.1, 0.15) is 0 Å². The molecule has 1 fully saturated rings. The highest BCUT2D eigenvalue weighted by atomic mass is 35.5. The Hall–Kier alpha value is -2.34. The minimum absolute atomic E-state index is 0.0547. The Labute approximate surface area is 176 Å². The van der Waals surface area contributed by atoms with Crippen LogP contribution in [0.15, 0.2) is 24.3 Å². The van der Waals surface area contributed by atoms with Crippen LogP contribution in [0.4, 0.5) is 0 Å². The molecule has 1 aromatic carbocycles. The Morgan fingerprint density at radius 2 is 2.03 bits per heavy atom. The molecule has 0 N–H and O–H groups in total. The van der Waals surface area contributed by atoms with E-state index in [1.54, 1.807) is 11.8 Å². The average Bonchev–Trinajstić information content (AvgIpc) is 3.12. The first-order valence-corrected chi connectivity index (χ1v) is 10.7. The molecule has 1 aromatic heterocycles. The number of carbonyl (C=O) groups excluding carboxylic acids is 2.